The Morgan fingerprint density at radius 2 is 2.20 bits per heavy atom. The first-order valence-corrected chi connectivity index (χ1v) is 3.23. The van der Waals surface area contributed by atoms with Gasteiger partial charge in [0.05, 0.1) is 6.42 Å². The molecule has 58 valence electrons. The van der Waals surface area contributed by atoms with Crippen molar-refractivity contribution in [2.24, 2.45) is 5.73 Å². The lowest BCUT2D eigenvalue weighted by Gasteiger charge is -2.11. The highest BCUT2D eigenvalue weighted by molar-refractivity contribution is 5.70. The van der Waals surface area contributed by atoms with Crippen molar-refractivity contribution in [2.75, 3.05) is 6.54 Å². The van der Waals surface area contributed by atoms with Crippen LogP contribution in [0.15, 0.2) is 0 Å². The molecule has 0 unspecified atom stereocenters. The van der Waals surface area contributed by atoms with Gasteiger partial charge in [-0.25, -0.2) is 0 Å². The Labute approximate surface area is 61.5 Å². The van der Waals surface area contributed by atoms with Crippen LogP contribution < -0.4 is 5.73 Å². The van der Waals surface area contributed by atoms with Crippen molar-refractivity contribution in [1.82, 2.24) is 0 Å². The molecule has 0 atom stereocenters. The van der Waals surface area contributed by atoms with Crippen LogP contribution in [0.3, 0.4) is 0 Å². The van der Waals surface area contributed by atoms with Gasteiger partial charge in [-0.1, -0.05) is 0 Å². The molecule has 10 heavy (non-hydrogen) atoms. The highest BCUT2D eigenvalue weighted by Gasteiger charge is 2.22. The Morgan fingerprint density at radius 1 is 1.70 bits per heavy atom. The number of hydrogen-bond acceptors (Lipinski definition) is 3. The number of ether oxygens (including phenoxy) is 1. The summed E-state index contributed by atoms with van der Waals surface area (Å²) in [6, 6.07) is 0. The number of rotatable bonds is 3. The standard InChI is InChI=1S/C7H14NO2/c1-7(2,3)10-6(9)4-5-8/h1,4-5,8H2,2-3H3/q+1. The monoisotopic (exact) mass is 144 g/mol. The molecule has 0 amide bonds. The molecule has 0 aromatic heterocycles. The van der Waals surface area contributed by atoms with Crippen molar-refractivity contribution in [3.63, 3.8) is 0 Å². The summed E-state index contributed by atoms with van der Waals surface area (Å²) in [5.41, 5.74) is 4.49. The van der Waals surface area contributed by atoms with Crippen molar-refractivity contribution in [2.45, 2.75) is 25.9 Å². The van der Waals surface area contributed by atoms with Gasteiger partial charge in [0, 0.05) is 20.4 Å². The first-order chi connectivity index (χ1) is 4.45. The lowest BCUT2D eigenvalue weighted by molar-refractivity contribution is -0.152. The molecule has 0 radical (unpaired) electrons. The number of carbonyl (C=O) groups excluding carboxylic acids is 1. The first kappa shape index (κ1) is 9.30. The lowest BCUT2D eigenvalue weighted by Crippen LogP contribution is -2.25. The third-order valence-electron chi connectivity index (χ3n) is 0.739. The van der Waals surface area contributed by atoms with Crippen LogP contribution in [-0.2, 0) is 9.53 Å². The van der Waals surface area contributed by atoms with Crippen molar-refractivity contribution < 1.29 is 9.53 Å². The molecule has 0 aliphatic carbocycles. The number of esters is 1. The van der Waals surface area contributed by atoms with E-state index in [4.69, 9.17) is 10.5 Å². The Balaban J connectivity index is 3.58. The zero-order chi connectivity index (χ0) is 8.20. The summed E-state index contributed by atoms with van der Waals surface area (Å²) in [5.74, 6) is -0.289. The van der Waals surface area contributed by atoms with E-state index >= 15 is 0 Å². The van der Waals surface area contributed by atoms with Crippen LogP contribution in [0.1, 0.15) is 20.3 Å². The molecule has 0 bridgehead atoms. The Morgan fingerprint density at radius 3 is 2.50 bits per heavy atom. The topological polar surface area (TPSA) is 52.3 Å². The molecule has 0 fully saturated rings. The van der Waals surface area contributed by atoms with Crippen molar-refractivity contribution >= 4 is 5.97 Å². The van der Waals surface area contributed by atoms with Gasteiger partial charge < -0.3 is 10.5 Å². The average molecular weight is 144 g/mol. The highest BCUT2D eigenvalue weighted by Crippen LogP contribution is 2.06. The van der Waals surface area contributed by atoms with Crippen LogP contribution in [0, 0.1) is 6.92 Å². The zero-order valence-electron chi connectivity index (χ0n) is 6.52. The van der Waals surface area contributed by atoms with Crippen LogP contribution in [0.5, 0.6) is 0 Å². The molecule has 0 aromatic carbocycles. The normalized spacial score (nSPS) is 11.1. The summed E-state index contributed by atoms with van der Waals surface area (Å²) in [4.78, 5) is 10.7. The van der Waals surface area contributed by atoms with Gasteiger partial charge in [-0.3, -0.25) is 4.79 Å². The Hall–Kier alpha value is -0.700. The molecule has 0 saturated carbocycles. The van der Waals surface area contributed by atoms with E-state index in [2.05, 4.69) is 6.92 Å². The summed E-state index contributed by atoms with van der Waals surface area (Å²) in [7, 11) is 0. The Bertz CT molecular complexity index is 115. The minimum absolute atomic E-state index is 0.263. The summed E-state index contributed by atoms with van der Waals surface area (Å²) in [5, 5.41) is 0. The molecule has 0 rings (SSSR count). The second-order valence-electron chi connectivity index (χ2n) is 2.77. The van der Waals surface area contributed by atoms with Gasteiger partial charge in [0.15, 0.2) is 0 Å². The fourth-order valence-electron chi connectivity index (χ4n) is 0.477. The van der Waals surface area contributed by atoms with Gasteiger partial charge in [-0.15, -0.1) is 0 Å². The van der Waals surface area contributed by atoms with Gasteiger partial charge in [-0.2, -0.15) is 0 Å². The fraction of sp³-hybridized carbons (Fsp3) is 0.714. The SMILES string of the molecule is [CH2+]C(C)(C)OC(=O)CCN. The fourth-order valence-corrected chi connectivity index (χ4v) is 0.477. The number of carbonyl (C=O) groups is 1. The maximum Gasteiger partial charge on any atom is 0.310 e. The third-order valence-corrected chi connectivity index (χ3v) is 0.739. The van der Waals surface area contributed by atoms with E-state index in [-0.39, 0.29) is 12.4 Å². The predicted octanol–water partition coefficient (Wildman–Crippen LogP) is 0.491. The maximum absolute atomic E-state index is 10.7. The number of hydrogen-bond donors (Lipinski definition) is 1. The van der Waals surface area contributed by atoms with Crippen LogP contribution >= 0.6 is 0 Å². The molecule has 0 saturated heterocycles. The quantitative estimate of drug-likeness (QED) is 0.463. The first-order valence-electron chi connectivity index (χ1n) is 3.23. The Kier molecular flexibility index (Phi) is 3.22. The van der Waals surface area contributed by atoms with Gasteiger partial charge in [0.2, 0.25) is 5.60 Å². The molecule has 0 heterocycles. The summed E-state index contributed by atoms with van der Waals surface area (Å²) >= 11 is 0. The summed E-state index contributed by atoms with van der Waals surface area (Å²) < 4.78 is 4.85. The van der Waals surface area contributed by atoms with Crippen molar-refractivity contribution in [3.05, 3.63) is 6.92 Å². The highest BCUT2D eigenvalue weighted by atomic mass is 16.6. The molecule has 3 nitrogen and oxygen atoms in total. The molecule has 2 N–H and O–H groups in total. The summed E-state index contributed by atoms with van der Waals surface area (Å²) in [6.45, 7) is 7.38. The summed E-state index contributed by atoms with van der Waals surface area (Å²) in [6.07, 6.45) is 0.263. The molecule has 0 aromatic rings. The average Bonchev–Trinajstić information content (AvgIpc) is 1.59. The molecule has 0 aliphatic rings. The number of nitrogens with two attached hydrogens (primary N) is 1. The molecule has 3 heteroatoms. The van der Waals surface area contributed by atoms with Crippen molar-refractivity contribution in [3.8, 4) is 0 Å². The minimum Gasteiger partial charge on any atom is -0.419 e. The van der Waals surface area contributed by atoms with Gasteiger partial charge in [0.25, 0.3) is 0 Å². The molecule has 0 aliphatic heterocycles. The second kappa shape index (κ2) is 3.46. The maximum atomic E-state index is 10.7. The van der Waals surface area contributed by atoms with E-state index in [0.717, 1.165) is 0 Å². The van der Waals surface area contributed by atoms with Gasteiger partial charge in [-0.05, 0) is 0 Å². The van der Waals surface area contributed by atoms with E-state index in [1.807, 2.05) is 0 Å². The minimum atomic E-state index is -0.633. The van der Waals surface area contributed by atoms with Gasteiger partial charge in [0.1, 0.15) is 6.92 Å². The molecular formula is C7H14NO2+. The second-order valence-corrected chi connectivity index (χ2v) is 2.77. The third kappa shape index (κ3) is 5.44. The van der Waals surface area contributed by atoms with Crippen LogP contribution in [0.2, 0.25) is 0 Å². The van der Waals surface area contributed by atoms with Crippen LogP contribution in [0.25, 0.3) is 0 Å². The van der Waals surface area contributed by atoms with Crippen molar-refractivity contribution in [1.29, 1.82) is 0 Å². The van der Waals surface area contributed by atoms with E-state index < -0.39 is 5.60 Å². The van der Waals surface area contributed by atoms with E-state index in [0.29, 0.717) is 6.54 Å². The van der Waals surface area contributed by atoms with Crippen LogP contribution in [0.4, 0.5) is 0 Å². The van der Waals surface area contributed by atoms with E-state index in [1.165, 1.54) is 0 Å². The van der Waals surface area contributed by atoms with Crippen LogP contribution in [-0.4, -0.2) is 18.1 Å². The van der Waals surface area contributed by atoms with E-state index in [9.17, 15) is 4.79 Å². The lowest BCUT2D eigenvalue weighted by atomic mass is 10.2. The van der Waals surface area contributed by atoms with Gasteiger partial charge >= 0.3 is 5.97 Å². The molecule has 0 spiro atoms. The predicted molar refractivity (Wildman–Crippen MR) is 39.2 cm³/mol. The smallest absolute Gasteiger partial charge is 0.310 e. The van der Waals surface area contributed by atoms with E-state index in [1.54, 1.807) is 13.8 Å². The molecular weight excluding hydrogens is 130 g/mol. The largest absolute Gasteiger partial charge is 0.419 e. The zero-order valence-corrected chi connectivity index (χ0v) is 6.52.